The molecule has 0 fully saturated rings. The number of ether oxygens (including phenoxy) is 2. The highest BCUT2D eigenvalue weighted by Crippen LogP contribution is 2.43. The maximum atomic E-state index is 6.64. The van der Waals surface area contributed by atoms with Crippen molar-refractivity contribution >= 4 is 99.5 Å². The maximum Gasteiger partial charge on any atom is 0.139 e. The van der Waals surface area contributed by atoms with Gasteiger partial charge in [-0.3, -0.25) is 0 Å². The average molecular weight is 837 g/mol. The molecule has 9 aromatic carbocycles. The normalized spacial score (nSPS) is 11.9. The van der Waals surface area contributed by atoms with E-state index < -0.39 is 0 Å². The Balaban J connectivity index is 0.985. The highest BCUT2D eigenvalue weighted by molar-refractivity contribution is 6.18. The van der Waals surface area contributed by atoms with Gasteiger partial charge in [0.25, 0.3) is 0 Å². The highest BCUT2D eigenvalue weighted by atomic mass is 16.5. The second kappa shape index (κ2) is 15.6. The van der Waals surface area contributed by atoms with Crippen molar-refractivity contribution in [2.45, 2.75) is 39.5 Å². The molecule has 0 saturated heterocycles. The molecule has 0 aliphatic carbocycles. The molecule has 0 amide bonds. The minimum absolute atomic E-state index is 0.449. The third-order valence-electron chi connectivity index (χ3n) is 12.7. The molecule has 0 aliphatic heterocycles. The molecule has 0 atom stereocenters. The van der Waals surface area contributed by atoms with Gasteiger partial charge in [-0.05, 0) is 148 Å². The summed E-state index contributed by atoms with van der Waals surface area (Å²) in [5.41, 5.74) is 12.2. The summed E-state index contributed by atoms with van der Waals surface area (Å²) in [6.07, 6.45) is 0. The van der Waals surface area contributed by atoms with Gasteiger partial charge in [-0.2, -0.15) is 0 Å². The van der Waals surface area contributed by atoms with Crippen molar-refractivity contribution in [3.05, 3.63) is 181 Å². The smallest absolute Gasteiger partial charge is 0.139 e. The molecule has 0 spiro atoms. The average Bonchev–Trinajstić information content (AvgIpc) is 3.85. The fraction of sp³-hybridized carbons (Fsp3) is 0.138. The van der Waals surface area contributed by atoms with E-state index in [1.165, 1.54) is 11.1 Å². The Morgan fingerprint density at radius 3 is 1.12 bits per heavy atom. The zero-order valence-electron chi connectivity index (χ0n) is 36.8. The number of fused-ring (bicyclic) bond motifs is 8. The lowest BCUT2D eigenvalue weighted by Gasteiger charge is -2.26. The Bertz CT molecular complexity index is 3310. The molecule has 0 saturated carbocycles. The van der Waals surface area contributed by atoms with Gasteiger partial charge in [0.05, 0.1) is 14.2 Å². The van der Waals surface area contributed by atoms with Crippen LogP contribution in [-0.4, -0.2) is 14.2 Å². The lowest BCUT2D eigenvalue weighted by molar-refractivity contribution is 0.415. The van der Waals surface area contributed by atoms with Gasteiger partial charge in [-0.15, -0.1) is 0 Å². The molecule has 0 N–H and O–H groups in total. The predicted octanol–water partition coefficient (Wildman–Crippen LogP) is 17.0. The Kier molecular flexibility index (Phi) is 9.54. The van der Waals surface area contributed by atoms with Crippen molar-refractivity contribution in [2.24, 2.45) is 0 Å². The van der Waals surface area contributed by atoms with Crippen LogP contribution >= 0.6 is 0 Å². The van der Waals surface area contributed by atoms with E-state index >= 15 is 0 Å². The monoisotopic (exact) mass is 836 g/mol. The van der Waals surface area contributed by atoms with Crippen LogP contribution in [0, 0.1) is 0 Å². The molecular weight excluding hydrogens is 789 g/mol. The molecule has 0 radical (unpaired) electrons. The van der Waals surface area contributed by atoms with E-state index in [0.29, 0.717) is 11.8 Å². The number of methoxy groups -OCH3 is 2. The van der Waals surface area contributed by atoms with Crippen molar-refractivity contribution < 1.29 is 18.3 Å². The van der Waals surface area contributed by atoms with Crippen LogP contribution in [0.4, 0.5) is 34.1 Å². The van der Waals surface area contributed by atoms with Crippen LogP contribution in [0.5, 0.6) is 11.5 Å². The van der Waals surface area contributed by atoms with Crippen molar-refractivity contribution in [3.8, 4) is 11.5 Å². The molecular formula is C58H48N2O4. The number of hydrogen-bond acceptors (Lipinski definition) is 6. The number of benzene rings is 9. The number of nitrogens with zero attached hydrogens (tertiary/aromatic N) is 2. The quantitative estimate of drug-likeness (QED) is 0.137. The molecule has 11 rings (SSSR count). The number of furan rings is 2. The molecule has 64 heavy (non-hydrogen) atoms. The largest absolute Gasteiger partial charge is 0.497 e. The molecule has 2 aromatic heterocycles. The van der Waals surface area contributed by atoms with E-state index in [0.717, 1.165) is 111 Å². The summed E-state index contributed by atoms with van der Waals surface area (Å²) in [6, 6.07) is 60.5. The van der Waals surface area contributed by atoms with Crippen LogP contribution in [0.25, 0.3) is 65.4 Å². The van der Waals surface area contributed by atoms with Crippen LogP contribution < -0.4 is 19.3 Å². The summed E-state index contributed by atoms with van der Waals surface area (Å²) < 4.78 is 24.6. The molecule has 2 heterocycles. The fourth-order valence-electron chi connectivity index (χ4n) is 9.19. The van der Waals surface area contributed by atoms with Crippen LogP contribution in [-0.2, 0) is 0 Å². The summed E-state index contributed by atoms with van der Waals surface area (Å²) in [5.74, 6) is 2.51. The van der Waals surface area contributed by atoms with E-state index in [2.05, 4.69) is 177 Å². The molecule has 0 unspecified atom stereocenters. The van der Waals surface area contributed by atoms with Crippen LogP contribution in [0.1, 0.15) is 50.7 Å². The van der Waals surface area contributed by atoms with Crippen LogP contribution in [0.2, 0.25) is 0 Å². The maximum absolute atomic E-state index is 6.64. The van der Waals surface area contributed by atoms with Crippen LogP contribution in [0.15, 0.2) is 179 Å². The number of rotatable bonds is 10. The molecule has 11 aromatic rings. The van der Waals surface area contributed by atoms with E-state index in [1.54, 1.807) is 14.2 Å². The number of hydrogen-bond donors (Lipinski definition) is 0. The van der Waals surface area contributed by atoms with E-state index in [9.17, 15) is 0 Å². The van der Waals surface area contributed by atoms with E-state index in [4.69, 9.17) is 18.3 Å². The van der Waals surface area contributed by atoms with Gasteiger partial charge in [0, 0.05) is 73.9 Å². The standard InChI is InChI=1S/C58H48N2O4/c1-35(2)37-13-19-43(20-14-37)59(45-9-7-11-49(31-45)61-5)47-23-17-39-27-51-53-33-54-52-28-40-18-24-48(26-42(40)30-56(52)64-58(54)34-57(53)63-55(51)29-41(39)25-47)60(46-10-8-12-50(32-46)62-6)44-21-15-38(16-22-44)36(3)4/h7-36H,1-6H3. The van der Waals surface area contributed by atoms with Gasteiger partial charge in [0.2, 0.25) is 0 Å². The third-order valence-corrected chi connectivity index (χ3v) is 12.7. The van der Waals surface area contributed by atoms with E-state index in [-0.39, 0.29) is 0 Å². The third kappa shape index (κ3) is 6.83. The highest BCUT2D eigenvalue weighted by Gasteiger charge is 2.19. The molecule has 0 aliphatic rings. The van der Waals surface area contributed by atoms with Crippen molar-refractivity contribution in [3.63, 3.8) is 0 Å². The minimum Gasteiger partial charge on any atom is -0.497 e. The minimum atomic E-state index is 0.449. The van der Waals surface area contributed by atoms with Crippen molar-refractivity contribution in [1.29, 1.82) is 0 Å². The van der Waals surface area contributed by atoms with Gasteiger partial charge in [0.15, 0.2) is 0 Å². The molecule has 314 valence electrons. The number of anilines is 6. The molecule has 6 nitrogen and oxygen atoms in total. The predicted molar refractivity (Wildman–Crippen MR) is 267 cm³/mol. The first-order valence-corrected chi connectivity index (χ1v) is 22.0. The topological polar surface area (TPSA) is 51.2 Å². The summed E-state index contributed by atoms with van der Waals surface area (Å²) >= 11 is 0. The SMILES string of the molecule is COc1cccc(N(c2ccc(C(C)C)cc2)c2ccc3cc4c(cc3c2)oc2cc3oc5cc6cc(N(c7ccc(C(C)C)cc7)c7cccc(OC)c7)ccc6cc5c3cc24)c1. The van der Waals surface area contributed by atoms with Gasteiger partial charge in [-0.25, -0.2) is 0 Å². The Hall–Kier alpha value is -7.70. The first kappa shape index (κ1) is 39.2. The van der Waals surface area contributed by atoms with Crippen molar-refractivity contribution in [1.82, 2.24) is 0 Å². The zero-order valence-corrected chi connectivity index (χ0v) is 36.8. The summed E-state index contributed by atoms with van der Waals surface area (Å²) in [4.78, 5) is 4.56. The lowest BCUT2D eigenvalue weighted by Crippen LogP contribution is -2.10. The van der Waals surface area contributed by atoms with Crippen molar-refractivity contribution in [2.75, 3.05) is 24.0 Å². The summed E-state index contributed by atoms with van der Waals surface area (Å²) in [6.45, 7) is 8.89. The second-order valence-electron chi connectivity index (χ2n) is 17.4. The Morgan fingerprint density at radius 1 is 0.344 bits per heavy atom. The van der Waals surface area contributed by atoms with Gasteiger partial charge in [-0.1, -0.05) is 76.2 Å². The first-order valence-electron chi connectivity index (χ1n) is 22.0. The second-order valence-corrected chi connectivity index (χ2v) is 17.4. The van der Waals surface area contributed by atoms with Gasteiger partial charge >= 0.3 is 0 Å². The molecule has 6 heteroatoms. The van der Waals surface area contributed by atoms with E-state index in [1.807, 2.05) is 30.3 Å². The zero-order chi connectivity index (χ0) is 43.6. The lowest BCUT2D eigenvalue weighted by atomic mass is 10.0. The van der Waals surface area contributed by atoms with Gasteiger partial charge < -0.3 is 28.1 Å². The summed E-state index contributed by atoms with van der Waals surface area (Å²) in [5, 5.41) is 8.73. The summed E-state index contributed by atoms with van der Waals surface area (Å²) in [7, 11) is 3.41. The Labute approximate surface area is 372 Å². The Morgan fingerprint density at radius 2 is 0.719 bits per heavy atom. The van der Waals surface area contributed by atoms with Crippen LogP contribution in [0.3, 0.4) is 0 Å². The van der Waals surface area contributed by atoms with Gasteiger partial charge in [0.1, 0.15) is 33.8 Å². The fourth-order valence-corrected chi connectivity index (χ4v) is 9.19. The molecule has 0 bridgehead atoms. The first-order chi connectivity index (χ1) is 31.2.